The predicted octanol–water partition coefficient (Wildman–Crippen LogP) is 3.29. The number of hydrogen-bond acceptors (Lipinski definition) is 3. The lowest BCUT2D eigenvalue weighted by atomic mass is 10.1. The number of nitrogens with one attached hydrogen (secondary N) is 1. The molecule has 0 bridgehead atoms. The van der Waals surface area contributed by atoms with Gasteiger partial charge in [0.15, 0.2) is 0 Å². The smallest absolute Gasteiger partial charge is 0.331 e. The van der Waals surface area contributed by atoms with E-state index >= 15 is 0 Å². The summed E-state index contributed by atoms with van der Waals surface area (Å²) < 4.78 is 5.86. The number of H-pyrrole nitrogens is 1. The van der Waals surface area contributed by atoms with Crippen molar-refractivity contribution in [3.63, 3.8) is 0 Å². The van der Waals surface area contributed by atoms with Gasteiger partial charge in [0.2, 0.25) is 0 Å². The van der Waals surface area contributed by atoms with Crippen molar-refractivity contribution < 1.29 is 9.53 Å². The van der Waals surface area contributed by atoms with E-state index < -0.39 is 0 Å². The third-order valence-corrected chi connectivity index (χ3v) is 3.01. The van der Waals surface area contributed by atoms with E-state index in [-0.39, 0.29) is 5.97 Å². The van der Waals surface area contributed by atoms with Crippen molar-refractivity contribution in [2.45, 2.75) is 13.8 Å². The first kappa shape index (κ1) is 12.8. The number of benzene rings is 1. The first-order chi connectivity index (χ1) is 8.61. The second-order valence-corrected chi connectivity index (χ2v) is 4.76. The minimum absolute atomic E-state index is 0.346. The van der Waals surface area contributed by atoms with Crippen LogP contribution in [0.5, 0.6) is 0 Å². The third-order valence-electron chi connectivity index (χ3n) is 2.52. The molecule has 0 spiro atoms. The van der Waals surface area contributed by atoms with Gasteiger partial charge in [-0.25, -0.2) is 4.79 Å². The summed E-state index contributed by atoms with van der Waals surface area (Å²) >= 11 is 3.42. The predicted molar refractivity (Wildman–Crippen MR) is 74.1 cm³/mol. The van der Waals surface area contributed by atoms with Gasteiger partial charge in [0.05, 0.1) is 17.8 Å². The summed E-state index contributed by atoms with van der Waals surface area (Å²) in [7, 11) is 0. The van der Waals surface area contributed by atoms with Crippen molar-refractivity contribution in [1.29, 1.82) is 0 Å². The van der Waals surface area contributed by atoms with Crippen LogP contribution in [-0.2, 0) is 9.53 Å². The number of carbonyl (C=O) groups excluding carboxylic acids is 1. The zero-order valence-electron chi connectivity index (χ0n) is 10.2. The van der Waals surface area contributed by atoms with E-state index in [4.69, 9.17) is 4.74 Å². The zero-order chi connectivity index (χ0) is 13.1. The number of aromatic amines is 1. The van der Waals surface area contributed by atoms with E-state index in [1.807, 2.05) is 25.1 Å². The topological polar surface area (TPSA) is 55.0 Å². The molecule has 0 amide bonds. The largest absolute Gasteiger partial charge is 0.463 e. The van der Waals surface area contributed by atoms with Gasteiger partial charge in [-0.05, 0) is 37.6 Å². The van der Waals surface area contributed by atoms with E-state index in [0.717, 1.165) is 26.6 Å². The van der Waals surface area contributed by atoms with Gasteiger partial charge in [0.1, 0.15) is 0 Å². The third kappa shape index (κ3) is 2.61. The van der Waals surface area contributed by atoms with Crippen LogP contribution >= 0.6 is 15.9 Å². The number of halogens is 1. The molecule has 5 heteroatoms. The highest BCUT2D eigenvalue weighted by Gasteiger charge is 2.09. The number of aromatic nitrogens is 2. The molecule has 0 fully saturated rings. The number of nitrogens with zero attached hydrogens (tertiary/aromatic N) is 1. The summed E-state index contributed by atoms with van der Waals surface area (Å²) in [6.45, 7) is 3.99. The molecule has 2 aromatic rings. The van der Waals surface area contributed by atoms with Crippen molar-refractivity contribution in [3.8, 4) is 0 Å². The van der Waals surface area contributed by atoms with E-state index in [1.54, 1.807) is 6.92 Å². The normalized spacial score (nSPS) is 11.8. The maximum absolute atomic E-state index is 11.4. The Morgan fingerprint density at radius 2 is 2.33 bits per heavy atom. The Labute approximate surface area is 113 Å². The molecular formula is C13H13BrN2O2. The summed E-state index contributed by atoms with van der Waals surface area (Å²) in [4.78, 5) is 11.4. The Balaban J connectivity index is 2.41. The maximum atomic E-state index is 11.4. The van der Waals surface area contributed by atoms with Crippen LogP contribution in [0, 0.1) is 0 Å². The minimum atomic E-state index is -0.346. The average Bonchev–Trinajstić information content (AvgIpc) is 2.71. The lowest BCUT2D eigenvalue weighted by molar-refractivity contribution is -0.137. The fourth-order valence-electron chi connectivity index (χ4n) is 1.72. The SMILES string of the molecule is CCOC(=O)/C=C(/C)c1n[nH]c2ccc(Br)cc12. The Hall–Kier alpha value is -1.62. The van der Waals surface area contributed by atoms with Crippen molar-refractivity contribution in [3.05, 3.63) is 34.4 Å². The summed E-state index contributed by atoms with van der Waals surface area (Å²) in [6, 6.07) is 5.85. The first-order valence-electron chi connectivity index (χ1n) is 5.61. The molecule has 0 radical (unpaired) electrons. The lowest BCUT2D eigenvalue weighted by Crippen LogP contribution is -2.00. The Kier molecular flexibility index (Phi) is 3.81. The molecule has 1 aromatic heterocycles. The van der Waals surface area contributed by atoms with Gasteiger partial charge in [-0.2, -0.15) is 5.10 Å². The minimum Gasteiger partial charge on any atom is -0.463 e. The molecular weight excluding hydrogens is 296 g/mol. The maximum Gasteiger partial charge on any atom is 0.331 e. The van der Waals surface area contributed by atoms with Gasteiger partial charge in [-0.1, -0.05) is 15.9 Å². The zero-order valence-corrected chi connectivity index (χ0v) is 11.7. The molecule has 0 saturated carbocycles. The molecule has 0 atom stereocenters. The molecule has 1 heterocycles. The highest BCUT2D eigenvalue weighted by atomic mass is 79.9. The van der Waals surface area contributed by atoms with Gasteiger partial charge in [0, 0.05) is 15.9 Å². The molecule has 0 unspecified atom stereocenters. The van der Waals surface area contributed by atoms with Gasteiger partial charge < -0.3 is 4.74 Å². The second-order valence-electron chi connectivity index (χ2n) is 3.84. The highest BCUT2D eigenvalue weighted by Crippen LogP contribution is 2.25. The van der Waals surface area contributed by atoms with Crippen molar-refractivity contribution in [1.82, 2.24) is 10.2 Å². The molecule has 2 rings (SSSR count). The molecule has 0 aliphatic heterocycles. The summed E-state index contributed by atoms with van der Waals surface area (Å²) in [5.74, 6) is -0.346. The van der Waals surface area contributed by atoms with Gasteiger partial charge in [-0.3, -0.25) is 5.10 Å². The monoisotopic (exact) mass is 308 g/mol. The summed E-state index contributed by atoms with van der Waals surface area (Å²) in [5.41, 5.74) is 2.47. The number of rotatable bonds is 3. The van der Waals surface area contributed by atoms with E-state index in [1.165, 1.54) is 6.08 Å². The lowest BCUT2D eigenvalue weighted by Gasteiger charge is -1.99. The number of fused-ring (bicyclic) bond motifs is 1. The fraction of sp³-hybridized carbons (Fsp3) is 0.231. The fourth-order valence-corrected chi connectivity index (χ4v) is 2.08. The molecule has 18 heavy (non-hydrogen) atoms. The van der Waals surface area contributed by atoms with E-state index in [0.29, 0.717) is 6.61 Å². The van der Waals surface area contributed by atoms with Gasteiger partial charge >= 0.3 is 5.97 Å². The van der Waals surface area contributed by atoms with Crippen LogP contribution < -0.4 is 0 Å². The van der Waals surface area contributed by atoms with Crippen LogP contribution in [0.15, 0.2) is 28.7 Å². The Morgan fingerprint density at radius 3 is 3.06 bits per heavy atom. The van der Waals surface area contributed by atoms with Gasteiger partial charge in [-0.15, -0.1) is 0 Å². The first-order valence-corrected chi connectivity index (χ1v) is 6.40. The van der Waals surface area contributed by atoms with Crippen molar-refractivity contribution >= 4 is 38.4 Å². The van der Waals surface area contributed by atoms with Crippen LogP contribution in [0.25, 0.3) is 16.5 Å². The van der Waals surface area contributed by atoms with Crippen LogP contribution in [0.1, 0.15) is 19.5 Å². The van der Waals surface area contributed by atoms with Crippen molar-refractivity contribution in [2.24, 2.45) is 0 Å². The molecule has 0 saturated heterocycles. The Bertz CT molecular complexity index is 616. The Morgan fingerprint density at radius 1 is 1.56 bits per heavy atom. The number of esters is 1. The number of allylic oxidation sites excluding steroid dienone is 1. The molecule has 1 aromatic carbocycles. The molecule has 0 aliphatic carbocycles. The molecule has 94 valence electrons. The van der Waals surface area contributed by atoms with Crippen LogP contribution in [0.4, 0.5) is 0 Å². The van der Waals surface area contributed by atoms with Gasteiger partial charge in [0.25, 0.3) is 0 Å². The van der Waals surface area contributed by atoms with Crippen LogP contribution in [0.2, 0.25) is 0 Å². The van der Waals surface area contributed by atoms with E-state index in [2.05, 4.69) is 26.1 Å². The second kappa shape index (κ2) is 5.35. The summed E-state index contributed by atoms with van der Waals surface area (Å²) in [5, 5.41) is 8.14. The molecule has 1 N–H and O–H groups in total. The number of hydrogen-bond donors (Lipinski definition) is 1. The average molecular weight is 309 g/mol. The molecule has 0 aliphatic rings. The van der Waals surface area contributed by atoms with E-state index in [9.17, 15) is 4.79 Å². The highest BCUT2D eigenvalue weighted by molar-refractivity contribution is 9.10. The van der Waals surface area contributed by atoms with Crippen LogP contribution in [0.3, 0.4) is 0 Å². The van der Waals surface area contributed by atoms with Crippen molar-refractivity contribution in [2.75, 3.05) is 6.61 Å². The summed E-state index contributed by atoms with van der Waals surface area (Å²) in [6.07, 6.45) is 1.46. The quantitative estimate of drug-likeness (QED) is 0.699. The number of carbonyl (C=O) groups is 1. The molecule has 4 nitrogen and oxygen atoms in total. The standard InChI is InChI=1S/C13H13BrN2O2/c1-3-18-12(17)6-8(2)13-10-7-9(14)4-5-11(10)15-16-13/h4-7H,3H2,1-2H3,(H,15,16)/b8-6-. The number of ether oxygens (including phenoxy) is 1. The van der Waals surface area contributed by atoms with Crippen LogP contribution in [-0.4, -0.2) is 22.8 Å².